The van der Waals surface area contributed by atoms with E-state index in [0.29, 0.717) is 35.4 Å². The molecule has 1 aliphatic heterocycles. The predicted molar refractivity (Wildman–Crippen MR) is 146 cm³/mol. The number of carbonyl (C=O) groups excluding carboxylic acids is 3. The molecular weight excluding hydrogens is 511 g/mol. The van der Waals surface area contributed by atoms with E-state index in [-0.39, 0.29) is 17.5 Å². The van der Waals surface area contributed by atoms with Crippen molar-refractivity contribution in [1.29, 1.82) is 0 Å². The Kier molecular flexibility index (Phi) is 6.75. The summed E-state index contributed by atoms with van der Waals surface area (Å²) in [5.41, 5.74) is 0.963. The van der Waals surface area contributed by atoms with E-state index in [0.717, 1.165) is 19.3 Å². The van der Waals surface area contributed by atoms with Crippen molar-refractivity contribution < 1.29 is 28.7 Å². The number of rotatable bonds is 5. The monoisotopic (exact) mass is 546 g/mol. The first-order chi connectivity index (χ1) is 19.1. The fourth-order valence-electron chi connectivity index (χ4n) is 8.73. The number of benzene rings is 2. The van der Waals surface area contributed by atoms with Crippen molar-refractivity contribution in [3.05, 3.63) is 65.5 Å². The summed E-state index contributed by atoms with van der Waals surface area (Å²) < 4.78 is 14.2. The van der Waals surface area contributed by atoms with Gasteiger partial charge >= 0.3 is 5.97 Å². The maximum Gasteiger partial charge on any atom is 0.326 e. The average Bonchev–Trinajstić information content (AvgIpc) is 2.92. The fourth-order valence-corrected chi connectivity index (χ4v) is 8.73. The maximum atomic E-state index is 14.8. The molecule has 4 saturated carbocycles. The van der Waals surface area contributed by atoms with E-state index in [1.165, 1.54) is 48.1 Å². The van der Waals surface area contributed by atoms with Gasteiger partial charge in [0.05, 0.1) is 12.2 Å². The van der Waals surface area contributed by atoms with Gasteiger partial charge in [0.1, 0.15) is 17.9 Å². The molecular formula is C32H35FN2O5. The number of hydrogen-bond donors (Lipinski definition) is 1. The number of carboxylic acids is 1. The molecule has 2 amide bonds. The Morgan fingerprint density at radius 2 is 1.62 bits per heavy atom. The summed E-state index contributed by atoms with van der Waals surface area (Å²) >= 11 is 0. The van der Waals surface area contributed by atoms with Gasteiger partial charge in [0.15, 0.2) is 5.78 Å². The Morgan fingerprint density at radius 3 is 2.23 bits per heavy atom. The van der Waals surface area contributed by atoms with Gasteiger partial charge in [-0.3, -0.25) is 14.4 Å². The van der Waals surface area contributed by atoms with Crippen molar-refractivity contribution in [2.24, 2.45) is 23.2 Å². The Balaban J connectivity index is 1.48. The molecule has 210 valence electrons. The maximum absolute atomic E-state index is 14.8. The van der Waals surface area contributed by atoms with Gasteiger partial charge in [0, 0.05) is 18.9 Å². The third kappa shape index (κ3) is 4.82. The summed E-state index contributed by atoms with van der Waals surface area (Å²) in [5, 5.41) is 10.3. The molecule has 0 saturated heterocycles. The molecule has 4 fully saturated rings. The van der Waals surface area contributed by atoms with Gasteiger partial charge < -0.3 is 14.9 Å². The predicted octanol–water partition coefficient (Wildman–Crippen LogP) is 5.22. The molecule has 1 N–H and O–H groups in total. The summed E-state index contributed by atoms with van der Waals surface area (Å²) in [6.45, 7) is 1.27. The van der Waals surface area contributed by atoms with E-state index in [1.807, 2.05) is 0 Å². The van der Waals surface area contributed by atoms with Gasteiger partial charge in [0.2, 0.25) is 11.8 Å². The van der Waals surface area contributed by atoms with Crippen molar-refractivity contribution in [1.82, 2.24) is 4.90 Å². The quantitative estimate of drug-likeness (QED) is 0.555. The van der Waals surface area contributed by atoms with Crippen LogP contribution in [0, 0.1) is 29.0 Å². The SMILES string of the molecule is CC(=O)N1[C@H](CC23CC4CC(CC(C4)C2)C3)C(=O)N(Cc2cccc(F)c2)c2ccccc2C(=O)C[C@H]1C(=O)O. The molecule has 2 atom stereocenters. The molecule has 0 radical (unpaired) electrons. The first kappa shape index (κ1) is 26.7. The van der Waals surface area contributed by atoms with Crippen LogP contribution in [0.25, 0.3) is 0 Å². The molecule has 40 heavy (non-hydrogen) atoms. The van der Waals surface area contributed by atoms with Crippen molar-refractivity contribution in [2.45, 2.75) is 76.9 Å². The lowest BCUT2D eigenvalue weighted by atomic mass is 9.48. The smallest absolute Gasteiger partial charge is 0.326 e. The van der Waals surface area contributed by atoms with Crippen LogP contribution in [0.5, 0.6) is 0 Å². The van der Waals surface area contributed by atoms with Crippen molar-refractivity contribution >= 4 is 29.3 Å². The van der Waals surface area contributed by atoms with Crippen molar-refractivity contribution in [2.75, 3.05) is 4.90 Å². The van der Waals surface area contributed by atoms with Crippen molar-refractivity contribution in [3.8, 4) is 0 Å². The van der Waals surface area contributed by atoms with Crippen molar-refractivity contribution in [3.63, 3.8) is 0 Å². The van der Waals surface area contributed by atoms with Gasteiger partial charge in [-0.1, -0.05) is 24.3 Å². The van der Waals surface area contributed by atoms with Gasteiger partial charge in [-0.15, -0.1) is 0 Å². The van der Waals surface area contributed by atoms with Crippen LogP contribution in [0.2, 0.25) is 0 Å². The number of Topliss-reactive ketones (excluding diaryl/α,β-unsaturated/α-hetero) is 1. The van der Waals surface area contributed by atoms with Crippen LogP contribution in [-0.2, 0) is 20.9 Å². The third-order valence-corrected chi connectivity index (χ3v) is 9.77. The molecule has 8 heteroatoms. The second kappa shape index (κ2) is 10.1. The number of amides is 2. The van der Waals surface area contributed by atoms with Crippen LogP contribution in [0.1, 0.15) is 74.2 Å². The summed E-state index contributed by atoms with van der Waals surface area (Å²) in [7, 11) is 0. The number of hydrogen-bond acceptors (Lipinski definition) is 4. The normalized spacial score (nSPS) is 31.4. The van der Waals surface area contributed by atoms with Crippen LogP contribution < -0.4 is 4.90 Å². The number of nitrogens with zero attached hydrogens (tertiary/aromatic N) is 2. The van der Waals surface area contributed by atoms with Gasteiger partial charge in [-0.05, 0) is 97.9 Å². The fraction of sp³-hybridized carbons (Fsp3) is 0.500. The molecule has 5 aliphatic rings. The number of para-hydroxylation sites is 1. The molecule has 0 spiro atoms. The zero-order valence-corrected chi connectivity index (χ0v) is 22.7. The number of carboxylic acid groups (broad SMARTS) is 1. The molecule has 0 aromatic heterocycles. The second-order valence-corrected chi connectivity index (χ2v) is 12.6. The lowest BCUT2D eigenvalue weighted by Gasteiger charge is -2.58. The third-order valence-electron chi connectivity index (χ3n) is 9.77. The van der Waals surface area contributed by atoms with Crippen LogP contribution >= 0.6 is 0 Å². The molecule has 2 aromatic carbocycles. The minimum Gasteiger partial charge on any atom is -0.480 e. The molecule has 4 bridgehead atoms. The average molecular weight is 547 g/mol. The van der Waals surface area contributed by atoms with E-state index in [4.69, 9.17) is 0 Å². The summed E-state index contributed by atoms with van der Waals surface area (Å²) in [6.07, 6.45) is 6.50. The zero-order chi connectivity index (χ0) is 28.2. The van der Waals surface area contributed by atoms with Gasteiger partial charge in [0.25, 0.3) is 0 Å². The lowest BCUT2D eigenvalue weighted by Crippen LogP contribution is -2.59. The summed E-state index contributed by atoms with van der Waals surface area (Å²) in [5.74, 6) is -1.37. The Hall–Kier alpha value is -3.55. The highest BCUT2D eigenvalue weighted by atomic mass is 19.1. The number of halogens is 1. The number of fused-ring (bicyclic) bond motifs is 1. The van der Waals surface area contributed by atoms with Crippen LogP contribution in [0.15, 0.2) is 48.5 Å². The Labute approximate surface area is 233 Å². The number of ketones is 1. The van der Waals surface area contributed by atoms with E-state index >= 15 is 0 Å². The van der Waals surface area contributed by atoms with E-state index in [2.05, 4.69) is 0 Å². The minimum atomic E-state index is -1.46. The number of anilines is 1. The first-order valence-corrected chi connectivity index (χ1v) is 14.3. The van der Waals surface area contributed by atoms with Crippen LogP contribution in [-0.4, -0.2) is 45.7 Å². The molecule has 2 aromatic rings. The van der Waals surface area contributed by atoms with Crippen LogP contribution in [0.3, 0.4) is 0 Å². The van der Waals surface area contributed by atoms with E-state index in [1.54, 1.807) is 36.4 Å². The highest BCUT2D eigenvalue weighted by molar-refractivity contribution is 6.10. The topological polar surface area (TPSA) is 95.0 Å². The molecule has 7 rings (SSSR count). The molecule has 4 aliphatic carbocycles. The summed E-state index contributed by atoms with van der Waals surface area (Å²) in [4.78, 5) is 56.8. The minimum absolute atomic E-state index is 0.0122. The Morgan fingerprint density at radius 1 is 0.975 bits per heavy atom. The number of aliphatic carboxylic acids is 1. The first-order valence-electron chi connectivity index (χ1n) is 14.3. The van der Waals surface area contributed by atoms with Gasteiger partial charge in [-0.2, -0.15) is 0 Å². The lowest BCUT2D eigenvalue weighted by molar-refractivity contribution is -0.156. The standard InChI is InChI=1S/C32H35FN2O5/c1-19(36)35-27(31(39)40)13-29(37)25-7-2-3-8-26(25)34(18-20-5-4-6-24(33)12-20)30(38)28(35)17-32-14-21-9-22(15-32)11-23(10-21)16-32/h2-8,12,21-23,27-28H,9-11,13-18H2,1H3,(H,39,40)/t21?,22?,23?,27-,28+,32?/m0/s1. The molecule has 1 heterocycles. The van der Waals surface area contributed by atoms with E-state index < -0.39 is 47.9 Å². The van der Waals surface area contributed by atoms with Gasteiger partial charge in [-0.25, -0.2) is 9.18 Å². The molecule has 0 unspecified atom stereocenters. The molecule has 7 nitrogen and oxygen atoms in total. The second-order valence-electron chi connectivity index (χ2n) is 12.6. The highest BCUT2D eigenvalue weighted by Gasteiger charge is 2.54. The zero-order valence-electron chi connectivity index (χ0n) is 22.7. The Bertz CT molecular complexity index is 1340. The summed E-state index contributed by atoms with van der Waals surface area (Å²) in [6, 6.07) is 10.1. The highest BCUT2D eigenvalue weighted by Crippen LogP contribution is 2.62. The van der Waals surface area contributed by atoms with Crippen LogP contribution in [0.4, 0.5) is 10.1 Å². The van der Waals surface area contributed by atoms with E-state index in [9.17, 15) is 28.7 Å². The largest absolute Gasteiger partial charge is 0.480 e. The number of carbonyl (C=O) groups is 4.